The Bertz CT molecular complexity index is 651. The lowest BCUT2D eigenvalue weighted by molar-refractivity contribution is 0.615. The van der Waals surface area contributed by atoms with Gasteiger partial charge in [0.2, 0.25) is 5.95 Å². The summed E-state index contributed by atoms with van der Waals surface area (Å²) >= 11 is 3.56. The number of aryl methyl sites for hydroxylation is 1. The van der Waals surface area contributed by atoms with Crippen molar-refractivity contribution in [1.82, 2.24) is 9.97 Å². The second-order valence-corrected chi connectivity index (χ2v) is 7.04. The fraction of sp³-hybridized carbons (Fsp3) is 0.444. The molecule has 23 heavy (non-hydrogen) atoms. The Balaban J connectivity index is 1.67. The van der Waals surface area contributed by atoms with E-state index >= 15 is 0 Å². The molecule has 1 aromatic carbocycles. The zero-order chi connectivity index (χ0) is 16.1. The minimum absolute atomic E-state index is 0.501. The van der Waals surface area contributed by atoms with Gasteiger partial charge in [0, 0.05) is 22.4 Å². The molecule has 0 atom stereocenters. The molecule has 0 unspecified atom stereocenters. The van der Waals surface area contributed by atoms with Crippen LogP contribution in [0.1, 0.15) is 44.1 Å². The summed E-state index contributed by atoms with van der Waals surface area (Å²) in [7, 11) is 0. The smallest absolute Gasteiger partial charge is 0.224 e. The molecule has 0 amide bonds. The summed E-state index contributed by atoms with van der Waals surface area (Å²) in [5.74, 6) is 1.53. The molecule has 5 heteroatoms. The molecule has 1 aliphatic rings. The molecule has 1 aliphatic carbocycles. The fourth-order valence-corrected chi connectivity index (χ4v) is 3.30. The van der Waals surface area contributed by atoms with Crippen molar-refractivity contribution in [1.29, 1.82) is 0 Å². The number of hydrogen-bond donors (Lipinski definition) is 2. The Morgan fingerprint density at radius 2 is 1.87 bits per heavy atom. The highest BCUT2D eigenvalue weighted by molar-refractivity contribution is 9.10. The van der Waals surface area contributed by atoms with Gasteiger partial charge in [-0.2, -0.15) is 4.98 Å². The first-order valence-electron chi connectivity index (χ1n) is 8.33. The van der Waals surface area contributed by atoms with Gasteiger partial charge in [-0.3, -0.25) is 0 Å². The molecule has 2 aromatic rings. The average Bonchev–Trinajstić information content (AvgIpc) is 2.80. The Kier molecular flexibility index (Phi) is 5.49. The van der Waals surface area contributed by atoms with Crippen molar-refractivity contribution >= 4 is 33.4 Å². The first-order chi connectivity index (χ1) is 11.2. The van der Waals surface area contributed by atoms with Gasteiger partial charge in [-0.1, -0.05) is 47.7 Å². The number of rotatable bonds is 4. The molecule has 2 N–H and O–H groups in total. The third-order valence-electron chi connectivity index (χ3n) is 4.29. The third-order valence-corrected chi connectivity index (χ3v) is 5.14. The van der Waals surface area contributed by atoms with E-state index in [1.54, 1.807) is 6.20 Å². The van der Waals surface area contributed by atoms with Gasteiger partial charge in [0.05, 0.1) is 0 Å². The minimum atomic E-state index is 0.501. The normalized spacial score (nSPS) is 15.9. The Labute approximate surface area is 146 Å². The SMILES string of the molecule is Cc1ccc(Nc2ccnc(NC3CCCCCC3)n2)cc1Br. The van der Waals surface area contributed by atoms with Crippen LogP contribution in [0.15, 0.2) is 34.9 Å². The summed E-state index contributed by atoms with van der Waals surface area (Å²) in [4.78, 5) is 8.96. The van der Waals surface area contributed by atoms with Crippen LogP contribution in [0, 0.1) is 6.92 Å². The number of nitrogens with zero attached hydrogens (tertiary/aromatic N) is 2. The lowest BCUT2D eigenvalue weighted by atomic mass is 10.1. The molecular formula is C18H23BrN4. The molecule has 0 aliphatic heterocycles. The van der Waals surface area contributed by atoms with Crippen LogP contribution in [0.3, 0.4) is 0 Å². The predicted octanol–water partition coefficient (Wildman–Crippen LogP) is 5.43. The summed E-state index contributed by atoms with van der Waals surface area (Å²) < 4.78 is 1.09. The molecule has 0 radical (unpaired) electrons. The third kappa shape index (κ3) is 4.67. The topological polar surface area (TPSA) is 49.8 Å². The molecule has 3 rings (SSSR count). The van der Waals surface area contributed by atoms with Crippen molar-refractivity contribution in [2.45, 2.75) is 51.5 Å². The van der Waals surface area contributed by atoms with E-state index in [9.17, 15) is 0 Å². The highest BCUT2D eigenvalue weighted by atomic mass is 79.9. The van der Waals surface area contributed by atoms with Gasteiger partial charge < -0.3 is 10.6 Å². The first-order valence-corrected chi connectivity index (χ1v) is 9.13. The Hall–Kier alpha value is -1.62. The van der Waals surface area contributed by atoms with E-state index in [1.165, 1.54) is 44.1 Å². The number of nitrogens with one attached hydrogen (secondary N) is 2. The molecule has 0 spiro atoms. The van der Waals surface area contributed by atoms with Crippen LogP contribution in [-0.4, -0.2) is 16.0 Å². The van der Waals surface area contributed by atoms with Gasteiger partial charge in [-0.25, -0.2) is 4.98 Å². The second-order valence-electron chi connectivity index (χ2n) is 6.19. The first kappa shape index (κ1) is 16.2. The number of hydrogen-bond acceptors (Lipinski definition) is 4. The van der Waals surface area contributed by atoms with Gasteiger partial charge in [-0.15, -0.1) is 0 Å². The summed E-state index contributed by atoms with van der Waals surface area (Å²) in [6, 6.07) is 8.60. The van der Waals surface area contributed by atoms with Gasteiger partial charge in [0.1, 0.15) is 5.82 Å². The van der Waals surface area contributed by atoms with Crippen LogP contribution < -0.4 is 10.6 Å². The summed E-state index contributed by atoms with van der Waals surface area (Å²) in [6.07, 6.45) is 9.53. The van der Waals surface area contributed by atoms with Crippen molar-refractivity contribution in [2.75, 3.05) is 10.6 Å². The standard InChI is InChI=1S/C18H23BrN4/c1-13-8-9-15(12-16(13)19)21-17-10-11-20-18(23-17)22-14-6-4-2-3-5-7-14/h8-12,14H,2-7H2,1H3,(H2,20,21,22,23). The highest BCUT2D eigenvalue weighted by Gasteiger charge is 2.13. The van der Waals surface area contributed by atoms with Crippen LogP contribution in [0.4, 0.5) is 17.5 Å². The molecule has 1 saturated carbocycles. The maximum Gasteiger partial charge on any atom is 0.224 e. The molecule has 1 heterocycles. The van der Waals surface area contributed by atoms with Crippen LogP contribution in [0.25, 0.3) is 0 Å². The minimum Gasteiger partial charge on any atom is -0.351 e. The Morgan fingerprint density at radius 1 is 1.09 bits per heavy atom. The van der Waals surface area contributed by atoms with E-state index in [0.29, 0.717) is 12.0 Å². The molecule has 0 saturated heterocycles. The van der Waals surface area contributed by atoms with Gasteiger partial charge in [0.25, 0.3) is 0 Å². The van der Waals surface area contributed by atoms with E-state index in [-0.39, 0.29) is 0 Å². The molecule has 1 fully saturated rings. The van der Waals surface area contributed by atoms with Crippen molar-refractivity contribution < 1.29 is 0 Å². The van der Waals surface area contributed by atoms with Crippen molar-refractivity contribution in [3.05, 3.63) is 40.5 Å². The van der Waals surface area contributed by atoms with E-state index < -0.39 is 0 Å². The lowest BCUT2D eigenvalue weighted by Crippen LogP contribution is -2.20. The van der Waals surface area contributed by atoms with Crippen molar-refractivity contribution in [2.24, 2.45) is 0 Å². The van der Waals surface area contributed by atoms with Crippen LogP contribution in [-0.2, 0) is 0 Å². The quantitative estimate of drug-likeness (QED) is 0.700. The summed E-state index contributed by atoms with van der Waals surface area (Å²) in [5.41, 5.74) is 2.23. The van der Waals surface area contributed by atoms with Gasteiger partial charge in [-0.05, 0) is 43.5 Å². The average molecular weight is 375 g/mol. The number of anilines is 3. The highest BCUT2D eigenvalue weighted by Crippen LogP contribution is 2.24. The largest absolute Gasteiger partial charge is 0.351 e. The molecular weight excluding hydrogens is 352 g/mol. The van der Waals surface area contributed by atoms with Crippen LogP contribution in [0.5, 0.6) is 0 Å². The summed E-state index contributed by atoms with van der Waals surface area (Å²) in [5, 5.41) is 6.84. The van der Waals surface area contributed by atoms with Crippen LogP contribution >= 0.6 is 15.9 Å². The number of aromatic nitrogens is 2. The Morgan fingerprint density at radius 3 is 2.61 bits per heavy atom. The zero-order valence-electron chi connectivity index (χ0n) is 13.5. The van der Waals surface area contributed by atoms with E-state index in [2.05, 4.69) is 61.7 Å². The van der Waals surface area contributed by atoms with Crippen molar-refractivity contribution in [3.63, 3.8) is 0 Å². The van der Waals surface area contributed by atoms with Crippen molar-refractivity contribution in [3.8, 4) is 0 Å². The second kappa shape index (κ2) is 7.77. The zero-order valence-corrected chi connectivity index (χ0v) is 15.1. The molecule has 0 bridgehead atoms. The number of halogens is 1. The lowest BCUT2D eigenvalue weighted by Gasteiger charge is -2.16. The molecule has 4 nitrogen and oxygen atoms in total. The van der Waals surface area contributed by atoms with E-state index in [0.717, 1.165) is 16.0 Å². The number of benzene rings is 1. The molecule has 1 aromatic heterocycles. The summed E-state index contributed by atoms with van der Waals surface area (Å²) in [6.45, 7) is 2.08. The fourth-order valence-electron chi connectivity index (χ4n) is 2.92. The maximum atomic E-state index is 4.60. The predicted molar refractivity (Wildman–Crippen MR) is 99.3 cm³/mol. The van der Waals surface area contributed by atoms with Crippen LogP contribution in [0.2, 0.25) is 0 Å². The van der Waals surface area contributed by atoms with Gasteiger partial charge in [0.15, 0.2) is 0 Å². The van der Waals surface area contributed by atoms with E-state index in [1.807, 2.05) is 6.07 Å². The maximum absolute atomic E-state index is 4.60. The molecule has 122 valence electrons. The van der Waals surface area contributed by atoms with E-state index in [4.69, 9.17) is 0 Å². The monoisotopic (exact) mass is 374 g/mol. The van der Waals surface area contributed by atoms with Gasteiger partial charge >= 0.3 is 0 Å².